The molecule has 2 heterocycles. The van der Waals surface area contributed by atoms with Crippen molar-refractivity contribution in [3.05, 3.63) is 20.8 Å². The molecule has 0 bridgehead atoms. The van der Waals surface area contributed by atoms with E-state index in [1.54, 1.807) is 11.3 Å². The van der Waals surface area contributed by atoms with Crippen molar-refractivity contribution in [2.45, 2.75) is 25.4 Å². The minimum absolute atomic E-state index is 0.101. The van der Waals surface area contributed by atoms with Crippen LogP contribution in [0.4, 0.5) is 0 Å². The van der Waals surface area contributed by atoms with Gasteiger partial charge in [0.15, 0.2) is 0 Å². The molecule has 2 atom stereocenters. The molecule has 1 aliphatic rings. The summed E-state index contributed by atoms with van der Waals surface area (Å²) < 4.78 is 1.02. The summed E-state index contributed by atoms with van der Waals surface area (Å²) in [6.45, 7) is 2.42. The van der Waals surface area contributed by atoms with Gasteiger partial charge in [-0.2, -0.15) is 0 Å². The van der Waals surface area contributed by atoms with Crippen LogP contribution in [0.3, 0.4) is 0 Å². The molecular weight excluding hydrogens is 330 g/mol. The predicted octanol–water partition coefficient (Wildman–Crippen LogP) is 1.25. The maximum Gasteiger partial charge on any atom is 0.240 e. The number of hydrogen-bond acceptors (Lipinski definition) is 5. The first kappa shape index (κ1) is 14.6. The summed E-state index contributed by atoms with van der Waals surface area (Å²) in [6.07, 6.45) is 0.784. The van der Waals surface area contributed by atoms with Gasteiger partial charge in [-0.1, -0.05) is 6.92 Å². The lowest BCUT2D eigenvalue weighted by Gasteiger charge is -2.35. The molecule has 1 saturated heterocycles. The summed E-state index contributed by atoms with van der Waals surface area (Å²) in [6, 6.07) is 3.74. The van der Waals surface area contributed by atoms with Crippen molar-refractivity contribution in [1.82, 2.24) is 10.2 Å². The number of carbonyl (C=O) groups excluding carboxylic acids is 2. The van der Waals surface area contributed by atoms with Crippen molar-refractivity contribution in [2.24, 2.45) is 5.73 Å². The van der Waals surface area contributed by atoms with Crippen LogP contribution in [0.5, 0.6) is 0 Å². The topological polar surface area (TPSA) is 75.4 Å². The van der Waals surface area contributed by atoms with E-state index < -0.39 is 0 Å². The third-order valence-electron chi connectivity index (χ3n) is 3.13. The highest BCUT2D eigenvalue weighted by Crippen LogP contribution is 2.33. The lowest BCUT2D eigenvalue weighted by atomic mass is 10.0. The second kappa shape index (κ2) is 6.13. The number of imide groups is 1. The van der Waals surface area contributed by atoms with Crippen LogP contribution in [-0.2, 0) is 9.59 Å². The molecule has 2 amide bonds. The second-order valence-electron chi connectivity index (χ2n) is 4.54. The zero-order valence-electron chi connectivity index (χ0n) is 10.6. The summed E-state index contributed by atoms with van der Waals surface area (Å²) in [7, 11) is 0. The molecule has 1 aromatic heterocycles. The standard InChI is InChI=1S/C12H16BrN3O2S/c1-2-7(14)12(8-3-4-9(13)19-8)16-5-10(17)15-11(18)6-16/h3-4,7,12H,2,5-6,14H2,1H3,(H,15,17,18). The summed E-state index contributed by atoms with van der Waals surface area (Å²) in [5.74, 6) is -0.527. The maximum absolute atomic E-state index is 11.5. The molecule has 2 rings (SSSR count). The number of amides is 2. The predicted molar refractivity (Wildman–Crippen MR) is 77.7 cm³/mol. The smallest absolute Gasteiger partial charge is 0.240 e. The average molecular weight is 346 g/mol. The molecular formula is C12H16BrN3O2S. The van der Waals surface area contributed by atoms with Crippen LogP contribution in [0.1, 0.15) is 24.3 Å². The van der Waals surface area contributed by atoms with Crippen molar-refractivity contribution < 1.29 is 9.59 Å². The van der Waals surface area contributed by atoms with Gasteiger partial charge in [0.05, 0.1) is 22.9 Å². The Bertz CT molecular complexity index is 475. The number of piperazine rings is 1. The third-order valence-corrected chi connectivity index (χ3v) is 4.82. The van der Waals surface area contributed by atoms with Gasteiger partial charge in [0.2, 0.25) is 11.8 Å². The van der Waals surface area contributed by atoms with E-state index in [-0.39, 0.29) is 37.0 Å². The lowest BCUT2D eigenvalue weighted by molar-refractivity contribution is -0.137. The van der Waals surface area contributed by atoms with Crippen molar-refractivity contribution in [1.29, 1.82) is 0 Å². The first-order valence-electron chi connectivity index (χ1n) is 6.08. The van der Waals surface area contributed by atoms with Gasteiger partial charge in [0.1, 0.15) is 0 Å². The second-order valence-corrected chi connectivity index (χ2v) is 7.03. The quantitative estimate of drug-likeness (QED) is 0.805. The molecule has 0 aromatic carbocycles. The SMILES string of the molecule is CCC(N)C(c1ccc(Br)s1)N1CC(=O)NC(=O)C1. The van der Waals surface area contributed by atoms with Gasteiger partial charge in [-0.3, -0.25) is 19.8 Å². The van der Waals surface area contributed by atoms with Gasteiger partial charge in [0.25, 0.3) is 0 Å². The average Bonchev–Trinajstić information content (AvgIpc) is 2.74. The van der Waals surface area contributed by atoms with E-state index in [0.29, 0.717) is 0 Å². The molecule has 2 unspecified atom stereocenters. The Morgan fingerprint density at radius 3 is 2.53 bits per heavy atom. The Labute approximate surface area is 124 Å². The number of nitrogens with two attached hydrogens (primary N) is 1. The van der Waals surface area contributed by atoms with Crippen LogP contribution < -0.4 is 11.1 Å². The summed E-state index contributed by atoms with van der Waals surface area (Å²) in [4.78, 5) is 26.0. The Morgan fingerprint density at radius 1 is 1.42 bits per heavy atom. The highest BCUT2D eigenvalue weighted by atomic mass is 79.9. The molecule has 0 aliphatic carbocycles. The van der Waals surface area contributed by atoms with E-state index >= 15 is 0 Å². The Kier molecular flexibility index (Phi) is 4.72. The highest BCUT2D eigenvalue weighted by Gasteiger charge is 2.33. The van der Waals surface area contributed by atoms with Gasteiger partial charge in [-0.05, 0) is 34.5 Å². The van der Waals surface area contributed by atoms with Crippen LogP contribution in [0.25, 0.3) is 0 Å². The van der Waals surface area contributed by atoms with E-state index in [4.69, 9.17) is 5.73 Å². The Hall–Kier alpha value is -0.760. The molecule has 1 fully saturated rings. The largest absolute Gasteiger partial charge is 0.326 e. The van der Waals surface area contributed by atoms with Crippen LogP contribution in [0.15, 0.2) is 15.9 Å². The molecule has 3 N–H and O–H groups in total. The monoisotopic (exact) mass is 345 g/mol. The van der Waals surface area contributed by atoms with Gasteiger partial charge in [0, 0.05) is 10.9 Å². The van der Waals surface area contributed by atoms with Crippen molar-refractivity contribution in [3.63, 3.8) is 0 Å². The van der Waals surface area contributed by atoms with Crippen LogP contribution in [0.2, 0.25) is 0 Å². The number of thiophene rings is 1. The number of rotatable bonds is 4. The first-order chi connectivity index (χ1) is 9.01. The molecule has 0 saturated carbocycles. The first-order valence-corrected chi connectivity index (χ1v) is 7.69. The van der Waals surface area contributed by atoms with E-state index in [1.807, 2.05) is 24.0 Å². The summed E-state index contributed by atoms with van der Waals surface area (Å²) in [5.41, 5.74) is 6.19. The fourth-order valence-corrected chi connectivity index (χ4v) is 3.86. The fourth-order valence-electron chi connectivity index (χ4n) is 2.23. The van der Waals surface area contributed by atoms with E-state index in [2.05, 4.69) is 21.2 Å². The van der Waals surface area contributed by atoms with Gasteiger partial charge in [-0.15, -0.1) is 11.3 Å². The molecule has 19 heavy (non-hydrogen) atoms. The fraction of sp³-hybridized carbons (Fsp3) is 0.500. The molecule has 1 aromatic rings. The van der Waals surface area contributed by atoms with Gasteiger partial charge >= 0.3 is 0 Å². The molecule has 0 radical (unpaired) electrons. The van der Waals surface area contributed by atoms with Gasteiger partial charge in [-0.25, -0.2) is 0 Å². The number of halogens is 1. The molecule has 7 heteroatoms. The number of carbonyl (C=O) groups is 2. The summed E-state index contributed by atoms with van der Waals surface area (Å²) >= 11 is 5.02. The Balaban J connectivity index is 2.27. The zero-order chi connectivity index (χ0) is 14.0. The van der Waals surface area contributed by atoms with Crippen LogP contribution >= 0.6 is 27.3 Å². The van der Waals surface area contributed by atoms with Crippen LogP contribution in [-0.4, -0.2) is 35.8 Å². The highest BCUT2D eigenvalue weighted by molar-refractivity contribution is 9.11. The number of nitrogens with zero attached hydrogens (tertiary/aromatic N) is 1. The number of hydrogen-bond donors (Lipinski definition) is 2. The lowest BCUT2D eigenvalue weighted by Crippen LogP contribution is -2.55. The molecule has 5 nitrogen and oxygen atoms in total. The maximum atomic E-state index is 11.5. The molecule has 1 aliphatic heterocycles. The zero-order valence-corrected chi connectivity index (χ0v) is 13.0. The van der Waals surface area contributed by atoms with Crippen LogP contribution in [0, 0.1) is 0 Å². The summed E-state index contributed by atoms with van der Waals surface area (Å²) in [5, 5.41) is 2.31. The van der Waals surface area contributed by atoms with Gasteiger partial charge < -0.3 is 5.73 Å². The Morgan fingerprint density at radius 2 is 2.05 bits per heavy atom. The van der Waals surface area contributed by atoms with E-state index in [9.17, 15) is 9.59 Å². The van der Waals surface area contributed by atoms with Crippen molar-refractivity contribution in [2.75, 3.05) is 13.1 Å². The molecule has 104 valence electrons. The minimum atomic E-state index is -0.264. The van der Waals surface area contributed by atoms with Crippen molar-refractivity contribution >= 4 is 39.1 Å². The van der Waals surface area contributed by atoms with E-state index in [0.717, 1.165) is 15.1 Å². The van der Waals surface area contributed by atoms with Crippen molar-refractivity contribution in [3.8, 4) is 0 Å². The number of nitrogens with one attached hydrogen (secondary N) is 1. The normalized spacial score (nSPS) is 20.2. The van der Waals surface area contributed by atoms with E-state index in [1.165, 1.54) is 0 Å². The molecule has 0 spiro atoms. The third kappa shape index (κ3) is 3.42. The minimum Gasteiger partial charge on any atom is -0.326 e.